The van der Waals surface area contributed by atoms with Gasteiger partial charge in [0.15, 0.2) is 12.4 Å². The number of unbranched alkanes of at least 4 members (excludes halogenated alkanes) is 3. The summed E-state index contributed by atoms with van der Waals surface area (Å²) in [7, 11) is 0. The van der Waals surface area contributed by atoms with Crippen LogP contribution in [0.1, 0.15) is 54.1 Å². The maximum atomic E-state index is 12.4. The smallest absolute Gasteiger partial charge is 0.339 e. The maximum absolute atomic E-state index is 12.4. The molecule has 2 aromatic carbocycles. The Balaban J connectivity index is 1.73. The summed E-state index contributed by atoms with van der Waals surface area (Å²) in [6.45, 7) is 4.06. The van der Waals surface area contributed by atoms with Crippen LogP contribution >= 0.6 is 15.9 Å². The Hall–Kier alpha value is -2.40. The van der Waals surface area contributed by atoms with Crippen molar-refractivity contribution in [1.29, 1.82) is 0 Å². The number of fused-ring (bicyclic) bond motifs is 1. The molecule has 0 atom stereocenters. The molecule has 0 fully saturated rings. The fraction of sp³-hybridized carbons (Fsp3) is 0.333. The molecule has 5 heteroatoms. The molecule has 4 nitrogen and oxygen atoms in total. The van der Waals surface area contributed by atoms with Crippen molar-refractivity contribution in [2.45, 2.75) is 46.0 Å². The van der Waals surface area contributed by atoms with Gasteiger partial charge in [0.05, 0.1) is 0 Å². The lowest BCUT2D eigenvalue weighted by molar-refractivity contribution is 0.0921. The van der Waals surface area contributed by atoms with E-state index in [-0.39, 0.29) is 18.0 Å². The van der Waals surface area contributed by atoms with E-state index in [0.717, 1.165) is 40.2 Å². The van der Waals surface area contributed by atoms with Gasteiger partial charge >= 0.3 is 5.63 Å². The van der Waals surface area contributed by atoms with Gasteiger partial charge in [-0.15, -0.1) is 0 Å². The second-order valence-electron chi connectivity index (χ2n) is 7.18. The van der Waals surface area contributed by atoms with E-state index in [1.54, 1.807) is 18.2 Å². The van der Waals surface area contributed by atoms with E-state index < -0.39 is 0 Å². The monoisotopic (exact) mass is 456 g/mol. The van der Waals surface area contributed by atoms with E-state index in [1.165, 1.54) is 12.8 Å². The number of benzene rings is 2. The Morgan fingerprint density at radius 3 is 2.55 bits per heavy atom. The van der Waals surface area contributed by atoms with Crippen LogP contribution in [-0.4, -0.2) is 12.4 Å². The lowest BCUT2D eigenvalue weighted by atomic mass is 10.0. The van der Waals surface area contributed by atoms with Crippen molar-refractivity contribution >= 4 is 32.7 Å². The van der Waals surface area contributed by atoms with Crippen LogP contribution in [0.15, 0.2) is 56.1 Å². The number of halogens is 1. The summed E-state index contributed by atoms with van der Waals surface area (Å²) in [6, 6.07) is 12.5. The van der Waals surface area contributed by atoms with Gasteiger partial charge in [0.2, 0.25) is 0 Å². The highest BCUT2D eigenvalue weighted by atomic mass is 79.9. The molecule has 0 spiro atoms. The summed E-state index contributed by atoms with van der Waals surface area (Å²) >= 11 is 3.35. The molecule has 0 unspecified atom stereocenters. The Bertz CT molecular complexity index is 1050. The van der Waals surface area contributed by atoms with E-state index in [9.17, 15) is 9.59 Å². The van der Waals surface area contributed by atoms with Gasteiger partial charge in [0.25, 0.3) is 0 Å². The molecule has 3 aromatic rings. The van der Waals surface area contributed by atoms with Crippen molar-refractivity contribution in [2.75, 3.05) is 6.61 Å². The number of ether oxygens (including phenoxy) is 1. The zero-order chi connectivity index (χ0) is 20.8. The molecule has 1 heterocycles. The topological polar surface area (TPSA) is 56.5 Å². The first kappa shape index (κ1) is 21.3. The number of hydrogen-bond donors (Lipinski definition) is 0. The van der Waals surface area contributed by atoms with Crippen molar-refractivity contribution in [3.8, 4) is 5.75 Å². The minimum Gasteiger partial charge on any atom is -0.485 e. The molecular formula is C24H25BrO4. The van der Waals surface area contributed by atoms with Crippen molar-refractivity contribution < 1.29 is 13.9 Å². The predicted octanol–water partition coefficient (Wildman–Crippen LogP) is 6.25. The van der Waals surface area contributed by atoms with E-state index in [1.807, 2.05) is 31.2 Å². The van der Waals surface area contributed by atoms with Gasteiger partial charge in [-0.3, -0.25) is 4.79 Å². The van der Waals surface area contributed by atoms with Gasteiger partial charge in [-0.05, 0) is 49.6 Å². The molecule has 0 saturated carbocycles. The number of rotatable bonds is 9. The third kappa shape index (κ3) is 5.36. The third-order valence-electron chi connectivity index (χ3n) is 5.08. The zero-order valence-corrected chi connectivity index (χ0v) is 18.4. The molecule has 1 aromatic heterocycles. The molecule has 29 heavy (non-hydrogen) atoms. The molecule has 0 radical (unpaired) electrons. The molecule has 0 aliphatic carbocycles. The van der Waals surface area contributed by atoms with E-state index in [2.05, 4.69) is 22.9 Å². The maximum Gasteiger partial charge on any atom is 0.339 e. The van der Waals surface area contributed by atoms with Crippen molar-refractivity contribution in [3.05, 3.63) is 74.0 Å². The normalized spacial score (nSPS) is 11.0. The third-order valence-corrected chi connectivity index (χ3v) is 5.60. The highest BCUT2D eigenvalue weighted by molar-refractivity contribution is 9.10. The van der Waals surface area contributed by atoms with Crippen LogP contribution in [0.25, 0.3) is 11.0 Å². The predicted molar refractivity (Wildman–Crippen MR) is 119 cm³/mol. The molecule has 0 bridgehead atoms. The summed E-state index contributed by atoms with van der Waals surface area (Å²) in [5.74, 6) is 0.388. The fourth-order valence-electron chi connectivity index (χ4n) is 3.35. The van der Waals surface area contributed by atoms with Gasteiger partial charge in [-0.25, -0.2) is 4.79 Å². The van der Waals surface area contributed by atoms with Crippen LogP contribution in [0, 0.1) is 6.92 Å². The summed E-state index contributed by atoms with van der Waals surface area (Å²) in [5.41, 5.74) is 2.51. The highest BCUT2D eigenvalue weighted by Gasteiger charge is 2.13. The highest BCUT2D eigenvalue weighted by Crippen LogP contribution is 2.25. The number of hydrogen-bond acceptors (Lipinski definition) is 4. The first-order valence-electron chi connectivity index (χ1n) is 9.97. The van der Waals surface area contributed by atoms with Crippen LogP contribution in [0.5, 0.6) is 5.75 Å². The lowest BCUT2D eigenvalue weighted by Gasteiger charge is -2.10. The Labute approximate surface area is 179 Å². The summed E-state index contributed by atoms with van der Waals surface area (Å²) in [6.07, 6.45) is 5.19. The molecular weight excluding hydrogens is 432 g/mol. The number of Topliss-reactive ketones (excluding diaryl/α,β-unsaturated/α-hetero) is 1. The average Bonchev–Trinajstić information content (AvgIpc) is 2.71. The Kier molecular flexibility index (Phi) is 7.26. The Morgan fingerprint density at radius 2 is 1.83 bits per heavy atom. The Morgan fingerprint density at radius 1 is 1.07 bits per heavy atom. The van der Waals surface area contributed by atoms with Gasteiger partial charge in [-0.1, -0.05) is 54.2 Å². The first-order valence-corrected chi connectivity index (χ1v) is 10.8. The van der Waals surface area contributed by atoms with Crippen LogP contribution in [0.2, 0.25) is 0 Å². The van der Waals surface area contributed by atoms with E-state index >= 15 is 0 Å². The molecule has 3 rings (SSSR count). The molecule has 0 saturated heterocycles. The van der Waals surface area contributed by atoms with Crippen LogP contribution in [0.3, 0.4) is 0 Å². The van der Waals surface area contributed by atoms with Gasteiger partial charge in [-0.2, -0.15) is 0 Å². The lowest BCUT2D eigenvalue weighted by Crippen LogP contribution is -2.12. The number of carbonyl (C=O) groups is 1. The van der Waals surface area contributed by atoms with Gasteiger partial charge in [0, 0.05) is 27.1 Å². The summed E-state index contributed by atoms with van der Waals surface area (Å²) < 4.78 is 12.1. The first-order chi connectivity index (χ1) is 14.0. The number of aryl methyl sites for hydroxylation is 1. The van der Waals surface area contributed by atoms with Crippen molar-refractivity contribution in [3.63, 3.8) is 0 Å². The van der Waals surface area contributed by atoms with Gasteiger partial charge in [0.1, 0.15) is 11.3 Å². The van der Waals surface area contributed by atoms with Crippen LogP contribution < -0.4 is 10.4 Å². The van der Waals surface area contributed by atoms with Crippen molar-refractivity contribution in [1.82, 2.24) is 0 Å². The quantitative estimate of drug-likeness (QED) is 0.217. The van der Waals surface area contributed by atoms with Gasteiger partial charge < -0.3 is 9.15 Å². The second-order valence-corrected chi connectivity index (χ2v) is 8.10. The molecule has 0 amide bonds. The standard InChI is InChI=1S/C24H25BrO4/c1-3-4-5-6-7-21-16(2)20-13-12-19(14-23(20)29-24(21)27)28-15-22(26)17-8-10-18(25)11-9-17/h8-14H,3-7,15H2,1-2H3. The molecule has 0 aliphatic rings. The summed E-state index contributed by atoms with van der Waals surface area (Å²) in [5, 5.41) is 0.904. The molecule has 0 N–H and O–H groups in total. The SMILES string of the molecule is CCCCCCc1c(C)c2ccc(OCC(=O)c3ccc(Br)cc3)cc2oc1=O. The molecule has 0 aliphatic heterocycles. The largest absolute Gasteiger partial charge is 0.485 e. The average molecular weight is 457 g/mol. The fourth-order valence-corrected chi connectivity index (χ4v) is 3.61. The minimum atomic E-state index is -0.283. The summed E-state index contributed by atoms with van der Waals surface area (Å²) in [4.78, 5) is 24.7. The van der Waals surface area contributed by atoms with E-state index in [4.69, 9.17) is 9.15 Å². The minimum absolute atomic E-state index is 0.0775. The van der Waals surface area contributed by atoms with Crippen LogP contribution in [0.4, 0.5) is 0 Å². The zero-order valence-electron chi connectivity index (χ0n) is 16.8. The number of ketones is 1. The molecule has 152 valence electrons. The van der Waals surface area contributed by atoms with E-state index in [0.29, 0.717) is 16.9 Å². The van der Waals surface area contributed by atoms with Crippen molar-refractivity contribution in [2.24, 2.45) is 0 Å². The second kappa shape index (κ2) is 9.88. The number of carbonyl (C=O) groups excluding carboxylic acids is 1. The van der Waals surface area contributed by atoms with Crippen LogP contribution in [-0.2, 0) is 6.42 Å².